The van der Waals surface area contributed by atoms with Crippen LogP contribution in [0.5, 0.6) is 0 Å². The van der Waals surface area contributed by atoms with Crippen molar-refractivity contribution < 1.29 is 24.0 Å². The predicted octanol–water partition coefficient (Wildman–Crippen LogP) is 4.63. The Kier molecular flexibility index (Phi) is 6.03. The standard InChI is InChI=1S/C34H24N4O5S2/c1-3-4-16-23(31(35)40)25-24(33(42)38-28(16)25)20-10-5-13(2)30(45-20)21-12-11-19(44-21)22-17-8-6-15-14(26(17)36-32(22)41)7-9-18-27(15)37-34(43)29(18)39/h3-13,21,30H,1-2H3,(H2,35,40)(H,36,41)(H,38,42)(H,37,39,43)/b4-3-,22-19-,24-20+. The third kappa shape index (κ3) is 3.87. The van der Waals surface area contributed by atoms with Gasteiger partial charge >= 0.3 is 0 Å². The Morgan fingerprint density at radius 2 is 1.44 bits per heavy atom. The van der Waals surface area contributed by atoms with Crippen LogP contribution >= 0.6 is 23.5 Å². The van der Waals surface area contributed by atoms with Gasteiger partial charge in [-0.15, -0.1) is 23.5 Å². The molecule has 11 heteroatoms. The molecule has 8 rings (SSSR count). The van der Waals surface area contributed by atoms with Gasteiger partial charge in [0.2, 0.25) is 5.91 Å². The second-order valence-electron chi connectivity index (χ2n) is 11.4. The number of hydrogen-bond acceptors (Lipinski definition) is 7. The molecule has 6 aliphatic rings. The SMILES string of the molecule is C/C=C\C1=C(C(N)=O)C2=C1NC(=O)/C2=C1\C=CC(C)C(C2C=C/C(=C3/C(=O)Nc4c3ccc3c5c(ccc43)C(=O)C(=O)N5)S2)S1. The molecule has 0 bridgehead atoms. The minimum Gasteiger partial charge on any atom is -0.366 e. The molecule has 1 aliphatic carbocycles. The van der Waals surface area contributed by atoms with Crippen molar-refractivity contribution in [2.75, 3.05) is 10.6 Å². The number of ketones is 1. The van der Waals surface area contributed by atoms with Crippen LogP contribution in [0.1, 0.15) is 29.8 Å². The van der Waals surface area contributed by atoms with Crippen molar-refractivity contribution >= 4 is 80.7 Å². The molecule has 0 radical (unpaired) electrons. The maximum Gasteiger partial charge on any atom is 0.296 e. The molecule has 2 aromatic carbocycles. The number of carbonyl (C=O) groups is 5. The molecule has 0 fully saturated rings. The molecule has 2 aromatic rings. The van der Waals surface area contributed by atoms with Gasteiger partial charge in [-0.25, -0.2) is 0 Å². The highest BCUT2D eigenvalue weighted by Crippen LogP contribution is 2.52. The lowest BCUT2D eigenvalue weighted by atomic mass is 9.82. The van der Waals surface area contributed by atoms with E-state index >= 15 is 0 Å². The van der Waals surface area contributed by atoms with Crippen molar-refractivity contribution in [3.8, 4) is 0 Å². The van der Waals surface area contributed by atoms with Crippen LogP contribution < -0.4 is 21.7 Å². The fourth-order valence-electron chi connectivity index (χ4n) is 6.74. The van der Waals surface area contributed by atoms with E-state index in [4.69, 9.17) is 5.73 Å². The molecule has 5 heterocycles. The van der Waals surface area contributed by atoms with Crippen molar-refractivity contribution in [3.63, 3.8) is 0 Å². The molecule has 3 unspecified atom stereocenters. The predicted molar refractivity (Wildman–Crippen MR) is 176 cm³/mol. The van der Waals surface area contributed by atoms with Gasteiger partial charge < -0.3 is 21.7 Å². The first-order valence-electron chi connectivity index (χ1n) is 14.4. The fourth-order valence-corrected chi connectivity index (χ4v) is 9.67. The zero-order valence-electron chi connectivity index (χ0n) is 23.9. The second kappa shape index (κ2) is 9.82. The molecule has 0 saturated carbocycles. The monoisotopic (exact) mass is 632 g/mol. The van der Waals surface area contributed by atoms with Crippen LogP contribution in [0.4, 0.5) is 11.4 Å². The normalized spacial score (nSPS) is 28.2. The average Bonchev–Trinajstić information content (AvgIpc) is 3.75. The average molecular weight is 633 g/mol. The smallest absolute Gasteiger partial charge is 0.296 e. The molecule has 4 amide bonds. The van der Waals surface area contributed by atoms with Gasteiger partial charge in [-0.1, -0.05) is 61.6 Å². The minimum absolute atomic E-state index is 0.0129. The van der Waals surface area contributed by atoms with Gasteiger partial charge in [0.25, 0.3) is 23.5 Å². The van der Waals surface area contributed by atoms with Crippen molar-refractivity contribution in [1.82, 2.24) is 5.32 Å². The first-order valence-corrected chi connectivity index (χ1v) is 16.1. The lowest BCUT2D eigenvalue weighted by Gasteiger charge is -2.30. The molecule has 0 spiro atoms. The largest absolute Gasteiger partial charge is 0.366 e. The van der Waals surface area contributed by atoms with Crippen molar-refractivity contribution in [1.29, 1.82) is 0 Å². The number of thioether (sulfide) groups is 2. The summed E-state index contributed by atoms with van der Waals surface area (Å²) in [5.41, 5.74) is 11.2. The zero-order valence-corrected chi connectivity index (χ0v) is 25.6. The molecule has 45 heavy (non-hydrogen) atoms. The van der Waals surface area contributed by atoms with Crippen molar-refractivity contribution in [2.45, 2.75) is 24.3 Å². The lowest BCUT2D eigenvalue weighted by Crippen LogP contribution is -2.27. The number of benzene rings is 2. The van der Waals surface area contributed by atoms with E-state index in [-0.39, 0.29) is 28.2 Å². The van der Waals surface area contributed by atoms with E-state index in [2.05, 4.69) is 35.0 Å². The molecule has 0 saturated heterocycles. The number of nitrogens with one attached hydrogen (secondary N) is 3. The Balaban J connectivity index is 1.11. The van der Waals surface area contributed by atoms with E-state index in [0.717, 1.165) is 20.8 Å². The maximum absolute atomic E-state index is 13.4. The first kappa shape index (κ1) is 27.7. The summed E-state index contributed by atoms with van der Waals surface area (Å²) in [5, 5.41) is 10.1. The Labute approximate surface area is 265 Å². The molecular weight excluding hydrogens is 609 g/mol. The first-order chi connectivity index (χ1) is 21.7. The number of nitrogens with two attached hydrogens (primary N) is 1. The van der Waals surface area contributed by atoms with Crippen molar-refractivity contribution in [2.24, 2.45) is 11.7 Å². The van der Waals surface area contributed by atoms with E-state index < -0.39 is 17.6 Å². The molecule has 3 atom stereocenters. The van der Waals surface area contributed by atoms with E-state index in [1.807, 2.05) is 31.2 Å². The van der Waals surface area contributed by atoms with Gasteiger partial charge in [-0.05, 0) is 18.9 Å². The lowest BCUT2D eigenvalue weighted by molar-refractivity contribution is -0.116. The summed E-state index contributed by atoms with van der Waals surface area (Å²) in [6, 6.07) is 7.08. The molecule has 0 aromatic heterocycles. The highest BCUT2D eigenvalue weighted by atomic mass is 32.2. The molecule has 9 nitrogen and oxygen atoms in total. The highest BCUT2D eigenvalue weighted by molar-refractivity contribution is 8.08. The third-order valence-electron chi connectivity index (χ3n) is 8.81. The third-order valence-corrected chi connectivity index (χ3v) is 11.9. The van der Waals surface area contributed by atoms with Gasteiger partial charge in [0.15, 0.2) is 0 Å². The molecular formula is C34H24N4O5S2. The number of rotatable bonds is 3. The number of hydrogen-bond donors (Lipinski definition) is 4. The quantitative estimate of drug-likeness (QED) is 0.285. The van der Waals surface area contributed by atoms with Gasteiger partial charge in [0.1, 0.15) is 0 Å². The van der Waals surface area contributed by atoms with Crippen LogP contribution in [0, 0.1) is 5.92 Å². The fraction of sp³-hybridized carbons (Fsp3) is 0.147. The number of amides is 4. The Hall–Kier alpha value is -4.87. The molecule has 5 aliphatic heterocycles. The van der Waals surface area contributed by atoms with Crippen LogP contribution in [0.15, 0.2) is 98.5 Å². The highest BCUT2D eigenvalue weighted by Gasteiger charge is 2.44. The minimum atomic E-state index is -0.659. The van der Waals surface area contributed by atoms with Gasteiger partial charge in [0.05, 0.1) is 39.4 Å². The Bertz CT molecular complexity index is 2130. The Morgan fingerprint density at radius 1 is 0.800 bits per heavy atom. The van der Waals surface area contributed by atoms with Crippen LogP contribution in [0.3, 0.4) is 0 Å². The Morgan fingerprint density at radius 3 is 2.18 bits per heavy atom. The van der Waals surface area contributed by atoms with Crippen LogP contribution in [0.25, 0.3) is 16.3 Å². The van der Waals surface area contributed by atoms with Crippen LogP contribution in [-0.2, 0) is 19.2 Å². The summed E-state index contributed by atoms with van der Waals surface area (Å²) in [4.78, 5) is 64.7. The maximum atomic E-state index is 13.4. The van der Waals surface area contributed by atoms with Crippen LogP contribution in [-0.4, -0.2) is 39.9 Å². The van der Waals surface area contributed by atoms with E-state index in [0.29, 0.717) is 55.9 Å². The van der Waals surface area contributed by atoms with E-state index in [1.54, 1.807) is 47.8 Å². The van der Waals surface area contributed by atoms with Gasteiger partial charge in [-0.2, -0.15) is 0 Å². The number of primary amides is 1. The number of fused-ring (bicyclic) bond motifs is 5. The number of carbonyl (C=O) groups excluding carboxylic acids is 5. The van der Waals surface area contributed by atoms with Gasteiger partial charge in [-0.3, -0.25) is 24.0 Å². The number of Topliss-reactive ketones (excluding diaryl/α,β-unsaturated/α-hetero) is 1. The molecule has 222 valence electrons. The summed E-state index contributed by atoms with van der Waals surface area (Å²) >= 11 is 3.21. The van der Waals surface area contributed by atoms with E-state index in [9.17, 15) is 24.0 Å². The van der Waals surface area contributed by atoms with Crippen LogP contribution in [0.2, 0.25) is 0 Å². The summed E-state index contributed by atoms with van der Waals surface area (Å²) in [5.74, 6) is -2.09. The van der Waals surface area contributed by atoms with E-state index in [1.165, 1.54) is 0 Å². The van der Waals surface area contributed by atoms with Crippen molar-refractivity contribution in [3.05, 3.63) is 110 Å². The zero-order chi connectivity index (χ0) is 31.3. The molecule has 5 N–H and O–H groups in total. The topological polar surface area (TPSA) is 147 Å². The summed E-state index contributed by atoms with van der Waals surface area (Å²) in [7, 11) is 0. The number of allylic oxidation sites excluding steroid dienone is 5. The second-order valence-corrected chi connectivity index (χ2v) is 13.8. The number of anilines is 2. The summed E-state index contributed by atoms with van der Waals surface area (Å²) in [6.45, 7) is 3.97. The summed E-state index contributed by atoms with van der Waals surface area (Å²) in [6.07, 6.45) is 11.7. The van der Waals surface area contributed by atoms with Gasteiger partial charge in [0, 0.05) is 47.8 Å². The summed E-state index contributed by atoms with van der Waals surface area (Å²) < 4.78 is 0.